The van der Waals surface area contributed by atoms with Crippen LogP contribution in [0.15, 0.2) is 79.0 Å². The molecule has 1 saturated heterocycles. The van der Waals surface area contributed by atoms with Crippen LogP contribution in [0.25, 0.3) is 10.8 Å². The van der Waals surface area contributed by atoms with Crippen molar-refractivity contribution in [2.75, 3.05) is 45.3 Å². The number of carboxylic acids is 2. The first-order valence-electron chi connectivity index (χ1n) is 12.4. The van der Waals surface area contributed by atoms with Crippen LogP contribution < -0.4 is 14.4 Å². The third-order valence-electron chi connectivity index (χ3n) is 6.54. The van der Waals surface area contributed by atoms with Crippen molar-refractivity contribution in [2.45, 2.75) is 6.04 Å². The second kappa shape index (κ2) is 12.7. The van der Waals surface area contributed by atoms with Crippen molar-refractivity contribution in [1.29, 1.82) is 0 Å². The van der Waals surface area contributed by atoms with E-state index < -0.39 is 11.9 Å². The van der Waals surface area contributed by atoms with Gasteiger partial charge >= 0.3 is 11.9 Å². The Morgan fingerprint density at radius 1 is 0.795 bits per heavy atom. The molecule has 39 heavy (non-hydrogen) atoms. The summed E-state index contributed by atoms with van der Waals surface area (Å²) in [6.45, 7) is 3.53. The largest absolute Gasteiger partial charge is 0.493 e. The smallest absolute Gasteiger partial charge is 0.414 e. The van der Waals surface area contributed by atoms with Gasteiger partial charge in [-0.05, 0) is 23.3 Å². The molecular weight excluding hydrogens is 500 g/mol. The number of hydrogen-bond donors (Lipinski definition) is 2. The molecule has 1 aliphatic rings. The number of piperazine rings is 1. The fourth-order valence-electron chi connectivity index (χ4n) is 4.77. The van der Waals surface area contributed by atoms with Crippen molar-refractivity contribution < 1.29 is 29.3 Å². The Hall–Kier alpha value is -4.70. The van der Waals surface area contributed by atoms with Crippen molar-refractivity contribution in [3.8, 4) is 11.5 Å². The van der Waals surface area contributed by atoms with Gasteiger partial charge in [0.2, 0.25) is 0 Å². The van der Waals surface area contributed by atoms with Crippen LogP contribution in [0.1, 0.15) is 17.2 Å². The molecule has 0 radical (unpaired) electrons. The van der Waals surface area contributed by atoms with Crippen LogP contribution in [0, 0.1) is 0 Å². The summed E-state index contributed by atoms with van der Waals surface area (Å²) in [4.78, 5) is 23.1. The number of rotatable bonds is 6. The molecule has 0 saturated carbocycles. The van der Waals surface area contributed by atoms with E-state index in [-0.39, 0.29) is 6.04 Å². The zero-order chi connectivity index (χ0) is 27.8. The van der Waals surface area contributed by atoms with E-state index in [0.717, 1.165) is 42.8 Å². The number of aromatic nitrogens is 2. The molecule has 0 bridgehead atoms. The maximum absolute atomic E-state index is 9.10. The van der Waals surface area contributed by atoms with E-state index in [0.29, 0.717) is 11.5 Å². The highest BCUT2D eigenvalue weighted by molar-refractivity contribution is 6.27. The summed E-state index contributed by atoms with van der Waals surface area (Å²) in [5.74, 6) is -1.40. The molecule has 1 aliphatic heterocycles. The molecule has 0 spiro atoms. The van der Waals surface area contributed by atoms with Crippen molar-refractivity contribution in [3.63, 3.8) is 0 Å². The lowest BCUT2D eigenvalue weighted by Gasteiger charge is -2.40. The Kier molecular flexibility index (Phi) is 8.90. The SMILES string of the molecule is COc1ccc2cnnc(N3CCN(C(c4ccccc4)c4ccccc4)CC3)c2c1OC.O=C(O)C(=O)O. The van der Waals surface area contributed by atoms with Crippen LogP contribution in [0.2, 0.25) is 0 Å². The second-order valence-electron chi connectivity index (χ2n) is 8.79. The van der Waals surface area contributed by atoms with E-state index in [4.69, 9.17) is 29.3 Å². The number of methoxy groups -OCH3 is 2. The topological polar surface area (TPSA) is 125 Å². The monoisotopic (exact) mass is 530 g/mol. The number of ether oxygens (including phenoxy) is 2. The van der Waals surface area contributed by atoms with Gasteiger partial charge in [-0.2, -0.15) is 5.10 Å². The van der Waals surface area contributed by atoms with Gasteiger partial charge in [0.25, 0.3) is 0 Å². The summed E-state index contributed by atoms with van der Waals surface area (Å²) in [5.41, 5.74) is 2.63. The first-order chi connectivity index (χ1) is 18.9. The minimum atomic E-state index is -1.82. The highest BCUT2D eigenvalue weighted by Gasteiger charge is 2.28. The van der Waals surface area contributed by atoms with Crippen LogP contribution in [-0.2, 0) is 9.59 Å². The van der Waals surface area contributed by atoms with Gasteiger partial charge in [0.1, 0.15) is 0 Å². The van der Waals surface area contributed by atoms with E-state index in [1.807, 2.05) is 12.1 Å². The predicted octanol–water partition coefficient (Wildman–Crippen LogP) is 3.71. The zero-order valence-corrected chi connectivity index (χ0v) is 21.7. The fraction of sp³-hybridized carbons (Fsp3) is 0.241. The van der Waals surface area contributed by atoms with E-state index in [9.17, 15) is 0 Å². The first-order valence-corrected chi connectivity index (χ1v) is 12.4. The lowest BCUT2D eigenvalue weighted by atomic mass is 9.96. The van der Waals surface area contributed by atoms with E-state index in [1.165, 1.54) is 11.1 Å². The van der Waals surface area contributed by atoms with Crippen molar-refractivity contribution >= 4 is 28.5 Å². The Balaban J connectivity index is 0.000000531. The summed E-state index contributed by atoms with van der Waals surface area (Å²) in [7, 11) is 3.33. The van der Waals surface area contributed by atoms with Gasteiger partial charge in [-0.1, -0.05) is 60.7 Å². The van der Waals surface area contributed by atoms with Gasteiger partial charge < -0.3 is 24.6 Å². The van der Waals surface area contributed by atoms with E-state index >= 15 is 0 Å². The van der Waals surface area contributed by atoms with Gasteiger partial charge in [0, 0.05) is 31.6 Å². The quantitative estimate of drug-likeness (QED) is 0.356. The minimum Gasteiger partial charge on any atom is -0.493 e. The molecule has 10 heteroatoms. The molecule has 0 amide bonds. The predicted molar refractivity (Wildman–Crippen MR) is 146 cm³/mol. The number of anilines is 1. The van der Waals surface area contributed by atoms with Crippen molar-refractivity contribution in [3.05, 3.63) is 90.1 Å². The Morgan fingerprint density at radius 3 is 1.85 bits per heavy atom. The molecule has 2 N–H and O–H groups in total. The highest BCUT2D eigenvalue weighted by atomic mass is 16.5. The first kappa shape index (κ1) is 27.3. The number of carboxylic acid groups (broad SMARTS) is 2. The number of carbonyl (C=O) groups is 2. The average Bonchev–Trinajstić information content (AvgIpc) is 2.98. The van der Waals surface area contributed by atoms with Gasteiger partial charge in [0.05, 0.1) is 31.8 Å². The molecule has 4 aromatic rings. The number of fused-ring (bicyclic) bond motifs is 1. The summed E-state index contributed by atoms with van der Waals surface area (Å²) in [6, 6.07) is 25.6. The molecule has 1 fully saturated rings. The summed E-state index contributed by atoms with van der Waals surface area (Å²) < 4.78 is 11.3. The molecule has 3 aromatic carbocycles. The molecule has 10 nitrogen and oxygen atoms in total. The summed E-state index contributed by atoms with van der Waals surface area (Å²) in [5, 5.41) is 25.5. The molecule has 202 valence electrons. The molecule has 2 heterocycles. The molecule has 0 aliphatic carbocycles. The van der Waals surface area contributed by atoms with Gasteiger partial charge in [-0.25, -0.2) is 9.59 Å². The molecular formula is C29H30N4O6. The normalized spacial score (nSPS) is 13.5. The minimum absolute atomic E-state index is 0.225. The highest BCUT2D eigenvalue weighted by Crippen LogP contribution is 2.40. The molecule has 5 rings (SSSR count). The van der Waals surface area contributed by atoms with Crippen LogP contribution in [0.4, 0.5) is 5.82 Å². The number of hydrogen-bond acceptors (Lipinski definition) is 8. The fourth-order valence-corrected chi connectivity index (χ4v) is 4.77. The van der Waals surface area contributed by atoms with Crippen LogP contribution in [0.5, 0.6) is 11.5 Å². The van der Waals surface area contributed by atoms with E-state index in [2.05, 4.69) is 80.7 Å². The lowest BCUT2D eigenvalue weighted by Crippen LogP contribution is -2.48. The maximum atomic E-state index is 9.10. The Bertz CT molecular complexity index is 1360. The van der Waals surface area contributed by atoms with Gasteiger partial charge in [-0.3, -0.25) is 4.90 Å². The summed E-state index contributed by atoms with van der Waals surface area (Å²) in [6.07, 6.45) is 1.78. The van der Waals surface area contributed by atoms with E-state index in [1.54, 1.807) is 20.4 Å². The molecule has 1 aromatic heterocycles. The molecule has 0 atom stereocenters. The number of benzene rings is 3. The third kappa shape index (κ3) is 6.24. The average molecular weight is 531 g/mol. The Labute approximate surface area is 226 Å². The number of nitrogens with zero attached hydrogens (tertiary/aromatic N) is 4. The number of aliphatic carboxylic acids is 2. The van der Waals surface area contributed by atoms with Crippen LogP contribution >= 0.6 is 0 Å². The second-order valence-corrected chi connectivity index (χ2v) is 8.79. The van der Waals surface area contributed by atoms with Crippen molar-refractivity contribution in [2.24, 2.45) is 0 Å². The Morgan fingerprint density at radius 2 is 1.36 bits per heavy atom. The lowest BCUT2D eigenvalue weighted by molar-refractivity contribution is -0.159. The van der Waals surface area contributed by atoms with Crippen molar-refractivity contribution in [1.82, 2.24) is 15.1 Å². The zero-order valence-electron chi connectivity index (χ0n) is 21.7. The molecule has 0 unspecified atom stereocenters. The maximum Gasteiger partial charge on any atom is 0.414 e. The van der Waals surface area contributed by atoms with Crippen LogP contribution in [0.3, 0.4) is 0 Å². The summed E-state index contributed by atoms with van der Waals surface area (Å²) >= 11 is 0. The standard InChI is InChI=1S/C27H28N4O2.C2H2O4/c1-32-23-14-13-22-19-28-29-27(24(22)26(23)33-2)31-17-15-30(16-18-31)25(20-9-5-3-6-10-20)21-11-7-4-8-12-21;3-1(4)2(5)6/h3-14,19,25H,15-18H2,1-2H3;(H,3,4)(H,5,6). The third-order valence-corrected chi connectivity index (χ3v) is 6.54. The van der Waals surface area contributed by atoms with Crippen LogP contribution in [-0.4, -0.2) is 77.6 Å². The van der Waals surface area contributed by atoms with Gasteiger partial charge in [-0.15, -0.1) is 5.10 Å². The van der Waals surface area contributed by atoms with Gasteiger partial charge in [0.15, 0.2) is 17.3 Å².